The first-order valence-electron chi connectivity index (χ1n) is 6.49. The van der Waals surface area contributed by atoms with Gasteiger partial charge >= 0.3 is 5.97 Å². The van der Waals surface area contributed by atoms with Crippen LogP contribution in [0.1, 0.15) is 12.8 Å². The van der Waals surface area contributed by atoms with E-state index in [-0.39, 0.29) is 17.7 Å². The van der Waals surface area contributed by atoms with Crippen molar-refractivity contribution >= 4 is 22.7 Å². The predicted molar refractivity (Wildman–Crippen MR) is 71.9 cm³/mol. The van der Waals surface area contributed by atoms with Crippen LogP contribution in [0.15, 0.2) is 12.2 Å². The lowest BCUT2D eigenvalue weighted by Crippen LogP contribution is -2.40. The normalized spacial score (nSPS) is 33.3. The van der Waals surface area contributed by atoms with E-state index in [2.05, 4.69) is 5.32 Å². The summed E-state index contributed by atoms with van der Waals surface area (Å²) in [6.07, 6.45) is 6.95. The molecule has 2 N–H and O–H groups in total. The van der Waals surface area contributed by atoms with Crippen LogP contribution in [0.2, 0.25) is 0 Å². The van der Waals surface area contributed by atoms with Gasteiger partial charge in [0.05, 0.1) is 11.8 Å². The molecule has 1 saturated carbocycles. The molecular weight excluding hydrogens is 266 g/mol. The van der Waals surface area contributed by atoms with Crippen molar-refractivity contribution in [3.8, 4) is 0 Å². The number of carboxylic acids is 1. The maximum atomic E-state index is 12.1. The third-order valence-electron chi connectivity index (χ3n) is 3.95. The Morgan fingerprint density at radius 3 is 2.53 bits per heavy atom. The van der Waals surface area contributed by atoms with E-state index in [9.17, 15) is 18.9 Å². The molecule has 2 aliphatic rings. The van der Waals surface area contributed by atoms with E-state index in [0.29, 0.717) is 18.7 Å². The van der Waals surface area contributed by atoms with E-state index < -0.39 is 28.6 Å². The number of aliphatic carboxylic acids is 1. The Morgan fingerprint density at radius 1 is 1.32 bits per heavy atom. The van der Waals surface area contributed by atoms with Crippen molar-refractivity contribution in [3.05, 3.63) is 12.2 Å². The number of carbonyl (C=O) groups is 2. The zero-order valence-electron chi connectivity index (χ0n) is 10.9. The number of carbonyl (C=O) groups excluding carboxylic acids is 1. The molecule has 6 heteroatoms. The minimum absolute atomic E-state index is 0.00129. The summed E-state index contributed by atoms with van der Waals surface area (Å²) in [6, 6.07) is 0. The molecule has 2 rings (SSSR count). The molecular formula is C13H19NO4S. The first-order valence-corrected chi connectivity index (χ1v) is 8.22. The summed E-state index contributed by atoms with van der Waals surface area (Å²) in [7, 11) is -0.855. The number of hydrogen-bond acceptors (Lipinski definition) is 3. The van der Waals surface area contributed by atoms with Gasteiger partial charge in [0.1, 0.15) is 0 Å². The summed E-state index contributed by atoms with van der Waals surface area (Å²) < 4.78 is 10.9. The van der Waals surface area contributed by atoms with Crippen LogP contribution in [0.25, 0.3) is 0 Å². The van der Waals surface area contributed by atoms with E-state index >= 15 is 0 Å². The fraction of sp³-hybridized carbons (Fsp3) is 0.692. The van der Waals surface area contributed by atoms with Crippen molar-refractivity contribution in [1.29, 1.82) is 0 Å². The van der Waals surface area contributed by atoms with Crippen LogP contribution >= 0.6 is 0 Å². The van der Waals surface area contributed by atoms with E-state index in [4.69, 9.17) is 0 Å². The van der Waals surface area contributed by atoms with Crippen LogP contribution in [0, 0.1) is 23.7 Å². The Morgan fingerprint density at radius 2 is 1.95 bits per heavy atom. The van der Waals surface area contributed by atoms with Crippen molar-refractivity contribution < 1.29 is 18.9 Å². The van der Waals surface area contributed by atoms with Gasteiger partial charge in [0, 0.05) is 29.4 Å². The third kappa shape index (κ3) is 3.05. The molecule has 0 saturated heterocycles. The molecule has 1 fully saturated rings. The second-order valence-corrected chi connectivity index (χ2v) is 6.81. The van der Waals surface area contributed by atoms with Crippen molar-refractivity contribution in [1.82, 2.24) is 5.32 Å². The first-order chi connectivity index (χ1) is 9.00. The molecule has 106 valence electrons. The SMILES string of the molecule is CS(=O)CCCNC(=O)[C@H]1C2C=CC(C2)[C@H]1C(=O)O. The molecule has 0 aromatic heterocycles. The lowest BCUT2D eigenvalue weighted by atomic mass is 9.82. The second kappa shape index (κ2) is 5.86. The minimum atomic E-state index is -0.883. The maximum Gasteiger partial charge on any atom is 0.307 e. The molecule has 2 bridgehead atoms. The largest absolute Gasteiger partial charge is 0.481 e. The third-order valence-corrected chi connectivity index (χ3v) is 4.82. The van der Waals surface area contributed by atoms with Gasteiger partial charge < -0.3 is 10.4 Å². The molecule has 0 radical (unpaired) electrons. The summed E-state index contributed by atoms with van der Waals surface area (Å²) in [6.45, 7) is 0.461. The molecule has 0 aliphatic heterocycles. The van der Waals surface area contributed by atoms with E-state index in [1.54, 1.807) is 6.26 Å². The number of allylic oxidation sites excluding steroid dienone is 2. The highest BCUT2D eigenvalue weighted by Gasteiger charge is 2.51. The molecule has 3 unspecified atom stereocenters. The quantitative estimate of drug-likeness (QED) is 0.546. The first kappa shape index (κ1) is 14.2. The summed E-state index contributed by atoms with van der Waals surface area (Å²) in [5.41, 5.74) is 0. The molecule has 0 spiro atoms. The average molecular weight is 285 g/mol. The summed E-state index contributed by atoms with van der Waals surface area (Å²) >= 11 is 0. The van der Waals surface area contributed by atoms with Gasteiger partial charge in [-0.15, -0.1) is 0 Å². The maximum absolute atomic E-state index is 12.1. The number of amides is 1. The van der Waals surface area contributed by atoms with Crippen LogP contribution in [0.4, 0.5) is 0 Å². The van der Waals surface area contributed by atoms with Crippen LogP contribution in [0.5, 0.6) is 0 Å². The van der Waals surface area contributed by atoms with E-state index in [1.165, 1.54) is 0 Å². The van der Waals surface area contributed by atoms with E-state index in [1.807, 2.05) is 12.2 Å². The number of hydrogen-bond donors (Lipinski definition) is 2. The number of fused-ring (bicyclic) bond motifs is 2. The molecule has 5 atom stereocenters. The van der Waals surface area contributed by atoms with Crippen LogP contribution < -0.4 is 5.32 Å². The van der Waals surface area contributed by atoms with Gasteiger partial charge in [0.25, 0.3) is 0 Å². The molecule has 0 heterocycles. The number of rotatable bonds is 6. The standard InChI is InChI=1S/C13H19NO4S/c1-19(18)6-2-5-14-12(15)10-8-3-4-9(7-8)11(10)13(16)17/h3-4,8-11H,2,5-7H2,1H3,(H,14,15)(H,16,17)/t8?,9?,10-,11+,19?/m0/s1. The van der Waals surface area contributed by atoms with Crippen molar-refractivity contribution in [2.24, 2.45) is 23.7 Å². The van der Waals surface area contributed by atoms with E-state index in [0.717, 1.165) is 6.42 Å². The predicted octanol–water partition coefficient (Wildman–Crippen LogP) is 0.394. The lowest BCUT2D eigenvalue weighted by molar-refractivity contribution is -0.147. The zero-order chi connectivity index (χ0) is 14.0. The highest BCUT2D eigenvalue weighted by Crippen LogP contribution is 2.48. The second-order valence-electron chi connectivity index (χ2n) is 5.26. The lowest BCUT2D eigenvalue weighted by Gasteiger charge is -2.23. The highest BCUT2D eigenvalue weighted by atomic mass is 32.2. The van der Waals surface area contributed by atoms with Gasteiger partial charge in [-0.05, 0) is 24.7 Å². The van der Waals surface area contributed by atoms with Crippen LogP contribution in [-0.4, -0.2) is 39.7 Å². The summed E-state index contributed by atoms with van der Waals surface area (Å²) in [5.74, 6) is -1.47. The van der Waals surface area contributed by atoms with Gasteiger partial charge in [-0.25, -0.2) is 0 Å². The molecule has 2 aliphatic carbocycles. The van der Waals surface area contributed by atoms with Crippen LogP contribution in [-0.2, 0) is 20.4 Å². The molecule has 1 amide bonds. The van der Waals surface area contributed by atoms with Gasteiger partial charge in [-0.1, -0.05) is 12.2 Å². The number of nitrogens with one attached hydrogen (secondary N) is 1. The van der Waals surface area contributed by atoms with Gasteiger partial charge in [-0.3, -0.25) is 13.8 Å². The molecule has 0 aromatic carbocycles. The monoisotopic (exact) mass is 285 g/mol. The highest BCUT2D eigenvalue weighted by molar-refractivity contribution is 7.84. The van der Waals surface area contributed by atoms with Crippen LogP contribution in [0.3, 0.4) is 0 Å². The van der Waals surface area contributed by atoms with Crippen molar-refractivity contribution in [3.63, 3.8) is 0 Å². The van der Waals surface area contributed by atoms with Crippen molar-refractivity contribution in [2.45, 2.75) is 12.8 Å². The Kier molecular flexibility index (Phi) is 4.39. The molecule has 0 aromatic rings. The fourth-order valence-corrected chi connectivity index (χ4v) is 3.67. The summed E-state index contributed by atoms with van der Waals surface area (Å²) in [4.78, 5) is 23.4. The topological polar surface area (TPSA) is 83.5 Å². The summed E-state index contributed by atoms with van der Waals surface area (Å²) in [5, 5.41) is 12.0. The Bertz CT molecular complexity index is 434. The van der Waals surface area contributed by atoms with Gasteiger partial charge in [0.15, 0.2) is 0 Å². The fourth-order valence-electron chi connectivity index (χ4n) is 3.12. The van der Waals surface area contributed by atoms with Gasteiger partial charge in [0.2, 0.25) is 5.91 Å². The Hall–Kier alpha value is -1.17. The average Bonchev–Trinajstić information content (AvgIpc) is 2.93. The van der Waals surface area contributed by atoms with Crippen molar-refractivity contribution in [2.75, 3.05) is 18.6 Å². The smallest absolute Gasteiger partial charge is 0.307 e. The van der Waals surface area contributed by atoms with Gasteiger partial charge in [-0.2, -0.15) is 0 Å². The molecule has 19 heavy (non-hydrogen) atoms. The molecule has 5 nitrogen and oxygen atoms in total. The Balaban J connectivity index is 1.89. The zero-order valence-corrected chi connectivity index (χ0v) is 11.7. The minimum Gasteiger partial charge on any atom is -0.481 e. The number of carboxylic acid groups (broad SMARTS) is 1. The Labute approximate surface area is 114 Å².